The number of nitro benzene ring substituents is 1. The maximum atomic E-state index is 12.7. The third kappa shape index (κ3) is 2.00. The fraction of sp³-hybridized carbons (Fsp3) is 0. The van der Waals surface area contributed by atoms with Gasteiger partial charge < -0.3 is 0 Å². The van der Waals surface area contributed by atoms with Gasteiger partial charge in [0.2, 0.25) is 0 Å². The van der Waals surface area contributed by atoms with E-state index in [2.05, 4.69) is 9.98 Å². The molecule has 0 saturated carbocycles. The number of aromatic nitrogens is 1. The van der Waals surface area contributed by atoms with Crippen molar-refractivity contribution < 1.29 is 9.72 Å². The molecule has 2 aliphatic rings. The number of aliphatic imine (C=N–C) groups is 1. The van der Waals surface area contributed by atoms with E-state index >= 15 is 0 Å². The lowest BCUT2D eigenvalue weighted by atomic mass is 9.91. The third-order valence-electron chi connectivity index (χ3n) is 3.79. The number of rotatable bonds is 2. The van der Waals surface area contributed by atoms with E-state index in [1.165, 1.54) is 12.1 Å². The van der Waals surface area contributed by atoms with Crippen LogP contribution in [-0.2, 0) is 0 Å². The van der Waals surface area contributed by atoms with Crippen LogP contribution in [0, 0.1) is 10.1 Å². The molecular formula is C17H9N3O3. The highest BCUT2D eigenvalue weighted by atomic mass is 16.6. The lowest BCUT2D eigenvalue weighted by Crippen LogP contribution is -2.16. The highest BCUT2D eigenvalue weighted by molar-refractivity contribution is 6.37. The summed E-state index contributed by atoms with van der Waals surface area (Å²) in [6.45, 7) is 0. The van der Waals surface area contributed by atoms with Gasteiger partial charge >= 0.3 is 0 Å². The molecule has 1 aliphatic heterocycles. The van der Waals surface area contributed by atoms with Gasteiger partial charge in [0, 0.05) is 23.9 Å². The molecule has 0 spiro atoms. The smallest absolute Gasteiger partial charge is 0.270 e. The molecule has 0 amide bonds. The van der Waals surface area contributed by atoms with Crippen LogP contribution in [0.1, 0.15) is 10.4 Å². The largest absolute Gasteiger partial charge is 0.288 e. The number of fused-ring (bicyclic) bond motifs is 2. The molecule has 0 radical (unpaired) electrons. The summed E-state index contributed by atoms with van der Waals surface area (Å²) < 4.78 is 0. The Hall–Kier alpha value is -3.41. The fourth-order valence-corrected chi connectivity index (χ4v) is 2.74. The van der Waals surface area contributed by atoms with Gasteiger partial charge in [-0.25, -0.2) is 9.98 Å². The van der Waals surface area contributed by atoms with Crippen LogP contribution in [-0.4, -0.2) is 21.4 Å². The monoisotopic (exact) mass is 303 g/mol. The molecule has 0 bridgehead atoms. The zero-order chi connectivity index (χ0) is 16.0. The van der Waals surface area contributed by atoms with E-state index in [0.29, 0.717) is 33.8 Å². The summed E-state index contributed by atoms with van der Waals surface area (Å²) in [6, 6.07) is 7.87. The number of carbonyl (C=O) groups is 1. The van der Waals surface area contributed by atoms with Crippen LogP contribution in [0.25, 0.3) is 11.1 Å². The number of carbonyl (C=O) groups excluding carboxylic acids is 1. The number of Topliss-reactive ketones (excluding diaryl/α,β-unsaturated/α-hetero) is 1. The summed E-state index contributed by atoms with van der Waals surface area (Å²) in [7, 11) is 0. The van der Waals surface area contributed by atoms with Crippen LogP contribution in [0.5, 0.6) is 0 Å². The van der Waals surface area contributed by atoms with E-state index in [0.717, 1.165) is 0 Å². The Morgan fingerprint density at radius 1 is 1.17 bits per heavy atom. The molecule has 0 saturated heterocycles. The molecule has 6 nitrogen and oxygen atoms in total. The molecular weight excluding hydrogens is 294 g/mol. The third-order valence-corrected chi connectivity index (χ3v) is 3.79. The normalized spacial score (nSPS) is 14.9. The predicted octanol–water partition coefficient (Wildman–Crippen LogP) is 3.42. The highest BCUT2D eigenvalue weighted by Gasteiger charge is 2.29. The van der Waals surface area contributed by atoms with Crippen LogP contribution in [0.3, 0.4) is 0 Å². The maximum Gasteiger partial charge on any atom is 0.270 e. The average molecular weight is 303 g/mol. The molecule has 0 unspecified atom stereocenters. The number of ketones is 1. The quantitative estimate of drug-likeness (QED) is 0.628. The van der Waals surface area contributed by atoms with Gasteiger partial charge in [-0.1, -0.05) is 18.2 Å². The molecule has 110 valence electrons. The van der Waals surface area contributed by atoms with Crippen LogP contribution in [0.2, 0.25) is 0 Å². The van der Waals surface area contributed by atoms with Gasteiger partial charge in [0.25, 0.3) is 5.69 Å². The molecule has 0 fully saturated rings. The molecule has 2 heterocycles. The number of nitro groups is 1. The number of hydrogen-bond donors (Lipinski definition) is 0. The van der Waals surface area contributed by atoms with E-state index in [9.17, 15) is 14.9 Å². The lowest BCUT2D eigenvalue weighted by molar-refractivity contribution is -0.384. The van der Waals surface area contributed by atoms with E-state index in [-0.39, 0.29) is 11.5 Å². The summed E-state index contributed by atoms with van der Waals surface area (Å²) in [5.41, 5.74) is 2.67. The number of allylic oxidation sites excluding steroid dienone is 4. The van der Waals surface area contributed by atoms with Crippen LogP contribution < -0.4 is 0 Å². The molecule has 0 atom stereocenters. The summed E-state index contributed by atoms with van der Waals surface area (Å²) >= 11 is 0. The zero-order valence-electron chi connectivity index (χ0n) is 11.8. The summed E-state index contributed by atoms with van der Waals surface area (Å²) in [5.74, 6) is 0.183. The summed E-state index contributed by atoms with van der Waals surface area (Å²) in [6.07, 6.45) is 6.80. The second kappa shape index (κ2) is 4.81. The Balaban J connectivity index is 1.94. The number of hydrogen-bond acceptors (Lipinski definition) is 5. The molecule has 1 aromatic carbocycles. The van der Waals surface area contributed by atoms with Crippen molar-refractivity contribution in [2.45, 2.75) is 0 Å². The maximum absolute atomic E-state index is 12.7. The first-order chi connectivity index (χ1) is 11.1. The standard InChI is InChI=1S/C17H9N3O3/c21-16-13-5-2-6-14(13)19-17-15(16)12(7-8-18-17)10-3-1-4-11(9-10)20(22)23/h1-9H. The first kappa shape index (κ1) is 13.3. The topological polar surface area (TPSA) is 85.5 Å². The van der Waals surface area contributed by atoms with Gasteiger partial charge in [-0.3, -0.25) is 14.9 Å². The fourth-order valence-electron chi connectivity index (χ4n) is 2.74. The number of nitrogens with zero attached hydrogens (tertiary/aromatic N) is 3. The van der Waals surface area contributed by atoms with Crippen molar-refractivity contribution in [3.05, 3.63) is 76.0 Å². The van der Waals surface area contributed by atoms with E-state index in [4.69, 9.17) is 0 Å². The summed E-state index contributed by atoms with van der Waals surface area (Å²) in [5, 5.41) is 11.0. The van der Waals surface area contributed by atoms with Gasteiger partial charge in [-0.2, -0.15) is 0 Å². The molecule has 2 aromatic rings. The second-order valence-corrected chi connectivity index (χ2v) is 5.13. The number of benzene rings is 1. The SMILES string of the molecule is O=C1C2=CC=CC2=Nc2nccc(-c3cccc([N+](=O)[O-])c3)c21. The van der Waals surface area contributed by atoms with Crippen molar-refractivity contribution in [2.24, 2.45) is 4.99 Å². The van der Waals surface area contributed by atoms with Crippen molar-refractivity contribution in [3.63, 3.8) is 0 Å². The minimum atomic E-state index is -0.460. The second-order valence-electron chi connectivity index (χ2n) is 5.13. The minimum absolute atomic E-state index is 0.0257. The van der Waals surface area contributed by atoms with Crippen molar-refractivity contribution in [3.8, 4) is 11.1 Å². The number of non-ortho nitro benzene ring substituents is 1. The zero-order valence-corrected chi connectivity index (χ0v) is 11.8. The van der Waals surface area contributed by atoms with Crippen molar-refractivity contribution in [1.29, 1.82) is 0 Å². The predicted molar refractivity (Wildman–Crippen MR) is 85.0 cm³/mol. The lowest BCUT2D eigenvalue weighted by Gasteiger charge is -2.16. The van der Waals surface area contributed by atoms with Gasteiger partial charge in [-0.15, -0.1) is 0 Å². The van der Waals surface area contributed by atoms with Gasteiger partial charge in [0.15, 0.2) is 11.6 Å². The Morgan fingerprint density at radius 2 is 2.04 bits per heavy atom. The molecule has 1 aromatic heterocycles. The Morgan fingerprint density at radius 3 is 2.87 bits per heavy atom. The summed E-state index contributed by atoms with van der Waals surface area (Å²) in [4.78, 5) is 31.8. The first-order valence-corrected chi connectivity index (χ1v) is 6.91. The van der Waals surface area contributed by atoms with Crippen molar-refractivity contribution in [1.82, 2.24) is 4.98 Å². The molecule has 0 N–H and O–H groups in total. The van der Waals surface area contributed by atoms with E-state index in [1.807, 2.05) is 0 Å². The van der Waals surface area contributed by atoms with Gasteiger partial charge in [-0.05, 0) is 29.3 Å². The average Bonchev–Trinajstić information content (AvgIpc) is 3.03. The molecule has 4 rings (SSSR count). The Bertz CT molecular complexity index is 971. The minimum Gasteiger partial charge on any atom is -0.288 e. The van der Waals surface area contributed by atoms with Gasteiger partial charge in [0.05, 0.1) is 16.2 Å². The molecule has 23 heavy (non-hydrogen) atoms. The highest BCUT2D eigenvalue weighted by Crippen LogP contribution is 2.36. The van der Waals surface area contributed by atoms with E-state index < -0.39 is 4.92 Å². The van der Waals surface area contributed by atoms with Gasteiger partial charge in [0.1, 0.15) is 0 Å². The van der Waals surface area contributed by atoms with Crippen LogP contribution >= 0.6 is 0 Å². The Labute approximate surface area is 130 Å². The first-order valence-electron chi connectivity index (χ1n) is 6.91. The number of pyridine rings is 1. The van der Waals surface area contributed by atoms with Crippen LogP contribution in [0.4, 0.5) is 11.5 Å². The van der Waals surface area contributed by atoms with Crippen molar-refractivity contribution >= 4 is 23.0 Å². The Kier molecular flexibility index (Phi) is 2.77. The molecule has 6 heteroatoms. The van der Waals surface area contributed by atoms with E-state index in [1.54, 1.807) is 42.6 Å². The molecule has 1 aliphatic carbocycles. The van der Waals surface area contributed by atoms with Crippen LogP contribution in [0.15, 0.2) is 65.3 Å². The van der Waals surface area contributed by atoms with Crippen molar-refractivity contribution in [2.75, 3.05) is 0 Å².